The van der Waals surface area contributed by atoms with E-state index in [1.165, 1.54) is 0 Å². The van der Waals surface area contributed by atoms with Gasteiger partial charge in [-0.1, -0.05) is 22.0 Å². The summed E-state index contributed by atoms with van der Waals surface area (Å²) in [4.78, 5) is 24.7. The fraction of sp³-hybridized carbons (Fsp3) is 0.480. The SMILES string of the molecule is C[C@@H](CC1CCC2(CC1)OC(=O)NN=C2c1ccc(C#N)cc1Br)NC(=O)c1cc(C2CC2)[nH]n1. The van der Waals surface area contributed by atoms with Crippen molar-refractivity contribution in [2.75, 3.05) is 0 Å². The number of amides is 2. The molecule has 0 bridgehead atoms. The number of aromatic amines is 1. The first-order valence-corrected chi connectivity index (χ1v) is 12.8. The summed E-state index contributed by atoms with van der Waals surface area (Å²) in [7, 11) is 0. The third kappa shape index (κ3) is 4.96. The smallest absolute Gasteiger partial charge is 0.428 e. The van der Waals surface area contributed by atoms with Crippen molar-refractivity contribution in [3.05, 3.63) is 51.3 Å². The van der Waals surface area contributed by atoms with Crippen LogP contribution in [0.5, 0.6) is 0 Å². The second-order valence-electron chi connectivity index (χ2n) is 9.80. The number of H-pyrrole nitrogens is 1. The highest BCUT2D eigenvalue weighted by atomic mass is 79.9. The number of hydrazone groups is 1. The van der Waals surface area contributed by atoms with Crippen molar-refractivity contribution in [1.29, 1.82) is 5.26 Å². The van der Waals surface area contributed by atoms with Crippen LogP contribution in [-0.2, 0) is 4.74 Å². The van der Waals surface area contributed by atoms with Crippen molar-refractivity contribution in [1.82, 2.24) is 20.9 Å². The quantitative estimate of drug-likeness (QED) is 0.497. The fourth-order valence-corrected chi connectivity index (χ4v) is 5.73. The van der Waals surface area contributed by atoms with E-state index in [4.69, 9.17) is 4.74 Å². The minimum absolute atomic E-state index is 0.000921. The number of carbonyl (C=O) groups excluding carboxylic acids is 2. The Hall–Kier alpha value is -3.19. The highest BCUT2D eigenvalue weighted by molar-refractivity contribution is 9.10. The molecular formula is C25H27BrN6O3. The highest BCUT2D eigenvalue weighted by Gasteiger charge is 2.46. The topological polar surface area (TPSA) is 132 Å². The average molecular weight is 539 g/mol. The van der Waals surface area contributed by atoms with Gasteiger partial charge in [0.25, 0.3) is 5.91 Å². The fourth-order valence-electron chi connectivity index (χ4n) is 5.17. The number of nitrogens with zero attached hydrogens (tertiary/aromatic N) is 3. The van der Waals surface area contributed by atoms with Crippen LogP contribution in [0.3, 0.4) is 0 Å². The first-order chi connectivity index (χ1) is 16.9. The number of nitrogens with one attached hydrogen (secondary N) is 3. The van der Waals surface area contributed by atoms with E-state index in [9.17, 15) is 14.9 Å². The van der Waals surface area contributed by atoms with E-state index in [-0.39, 0.29) is 11.9 Å². The van der Waals surface area contributed by atoms with Gasteiger partial charge < -0.3 is 10.1 Å². The lowest BCUT2D eigenvalue weighted by Gasteiger charge is -2.42. The molecule has 182 valence electrons. The van der Waals surface area contributed by atoms with E-state index in [0.717, 1.165) is 47.8 Å². The van der Waals surface area contributed by atoms with Gasteiger partial charge in [0.2, 0.25) is 0 Å². The third-order valence-electron chi connectivity index (χ3n) is 7.16. The van der Waals surface area contributed by atoms with Crippen LogP contribution in [-0.4, -0.2) is 39.6 Å². The molecule has 2 amide bonds. The maximum atomic E-state index is 12.6. The molecule has 1 spiro atoms. The van der Waals surface area contributed by atoms with E-state index < -0.39 is 11.7 Å². The molecule has 3 N–H and O–H groups in total. The molecular weight excluding hydrogens is 512 g/mol. The van der Waals surface area contributed by atoms with Crippen molar-refractivity contribution in [3.8, 4) is 6.07 Å². The zero-order valence-electron chi connectivity index (χ0n) is 19.4. The molecule has 1 atom stereocenters. The molecule has 0 unspecified atom stereocenters. The summed E-state index contributed by atoms with van der Waals surface area (Å²) < 4.78 is 6.58. The molecule has 9 nitrogen and oxygen atoms in total. The van der Waals surface area contributed by atoms with Gasteiger partial charge in [0, 0.05) is 27.7 Å². The number of rotatable bonds is 6. The Labute approximate surface area is 211 Å². The van der Waals surface area contributed by atoms with Gasteiger partial charge in [-0.2, -0.15) is 15.5 Å². The van der Waals surface area contributed by atoms with Crippen LogP contribution in [0.2, 0.25) is 0 Å². The Kier molecular flexibility index (Phi) is 6.36. The number of nitriles is 1. The van der Waals surface area contributed by atoms with Crippen molar-refractivity contribution in [2.24, 2.45) is 11.0 Å². The van der Waals surface area contributed by atoms with Crippen LogP contribution in [0.15, 0.2) is 33.8 Å². The minimum Gasteiger partial charge on any atom is -0.435 e. The second kappa shape index (κ2) is 9.46. The number of benzene rings is 1. The van der Waals surface area contributed by atoms with Gasteiger partial charge in [-0.3, -0.25) is 9.89 Å². The molecule has 1 aromatic heterocycles. The maximum Gasteiger partial charge on any atom is 0.428 e. The molecule has 1 aliphatic heterocycles. The standard InChI is InChI=1S/C25H27BrN6O3/c1-14(28-23(33)21-12-20(29-30-21)17-3-4-17)10-15-6-8-25(9-7-15)22(31-32-24(34)35-25)18-5-2-16(13-27)11-19(18)26/h2,5,11-12,14-15,17H,3-4,6-10H2,1H3,(H,28,33)(H,29,30)(H,32,34)/t14-,15?,25?/m0/s1. The van der Waals surface area contributed by atoms with Gasteiger partial charge in [-0.05, 0) is 76.0 Å². The molecule has 10 heteroatoms. The highest BCUT2D eigenvalue weighted by Crippen LogP contribution is 2.42. The first-order valence-electron chi connectivity index (χ1n) is 12.0. The minimum atomic E-state index is -0.809. The van der Waals surface area contributed by atoms with Gasteiger partial charge in [0.1, 0.15) is 11.4 Å². The molecule has 0 saturated heterocycles. The lowest BCUT2D eigenvalue weighted by atomic mass is 9.73. The van der Waals surface area contributed by atoms with Crippen LogP contribution >= 0.6 is 15.9 Å². The van der Waals surface area contributed by atoms with E-state index in [1.54, 1.807) is 12.1 Å². The summed E-state index contributed by atoms with van der Waals surface area (Å²) in [5.74, 6) is 0.759. The summed E-state index contributed by atoms with van der Waals surface area (Å²) in [6.07, 6.45) is 5.56. The van der Waals surface area contributed by atoms with Gasteiger partial charge in [0.05, 0.1) is 11.6 Å². The van der Waals surface area contributed by atoms with Crippen LogP contribution in [0.1, 0.15) is 85.1 Å². The first kappa shape index (κ1) is 23.5. The third-order valence-corrected chi connectivity index (χ3v) is 7.81. The monoisotopic (exact) mass is 538 g/mol. The van der Waals surface area contributed by atoms with Crippen LogP contribution in [0.4, 0.5) is 4.79 Å². The Morgan fingerprint density at radius 1 is 1.31 bits per heavy atom. The van der Waals surface area contributed by atoms with Crippen LogP contribution in [0.25, 0.3) is 0 Å². The second-order valence-corrected chi connectivity index (χ2v) is 10.7. The van der Waals surface area contributed by atoms with Gasteiger partial charge in [0.15, 0.2) is 5.60 Å². The number of carbonyl (C=O) groups is 2. The number of ether oxygens (including phenoxy) is 1. The van der Waals surface area contributed by atoms with E-state index >= 15 is 0 Å². The maximum absolute atomic E-state index is 12.6. The van der Waals surface area contributed by atoms with Crippen molar-refractivity contribution in [3.63, 3.8) is 0 Å². The largest absolute Gasteiger partial charge is 0.435 e. The van der Waals surface area contributed by atoms with Gasteiger partial charge in [-0.25, -0.2) is 10.2 Å². The molecule has 3 aliphatic rings. The molecule has 2 aliphatic carbocycles. The lowest BCUT2D eigenvalue weighted by Crippen LogP contribution is -2.52. The Bertz CT molecular complexity index is 1220. The molecule has 2 aromatic rings. The predicted molar refractivity (Wildman–Crippen MR) is 132 cm³/mol. The summed E-state index contributed by atoms with van der Waals surface area (Å²) in [6, 6.07) is 9.29. The number of hydrogen-bond acceptors (Lipinski definition) is 6. The molecule has 2 fully saturated rings. The van der Waals surface area contributed by atoms with Crippen molar-refractivity contribution < 1.29 is 14.3 Å². The number of halogens is 1. The molecule has 35 heavy (non-hydrogen) atoms. The number of aromatic nitrogens is 2. The zero-order chi connectivity index (χ0) is 24.6. The Balaban J connectivity index is 1.22. The Morgan fingerprint density at radius 2 is 2.09 bits per heavy atom. The van der Waals surface area contributed by atoms with Crippen molar-refractivity contribution >= 4 is 33.6 Å². The molecule has 5 rings (SSSR count). The predicted octanol–water partition coefficient (Wildman–Crippen LogP) is 4.50. The molecule has 1 aromatic carbocycles. The van der Waals surface area contributed by atoms with Gasteiger partial charge in [-0.15, -0.1) is 0 Å². The van der Waals surface area contributed by atoms with Crippen molar-refractivity contribution in [2.45, 2.75) is 69.4 Å². The summed E-state index contributed by atoms with van der Waals surface area (Å²) in [5, 5.41) is 23.8. The van der Waals surface area contributed by atoms with E-state index in [0.29, 0.717) is 41.6 Å². The van der Waals surface area contributed by atoms with Gasteiger partial charge >= 0.3 is 6.09 Å². The zero-order valence-corrected chi connectivity index (χ0v) is 21.0. The van der Waals surface area contributed by atoms with E-state index in [1.807, 2.05) is 19.1 Å². The number of hydrogen-bond donors (Lipinski definition) is 3. The van der Waals surface area contributed by atoms with E-state index in [2.05, 4.69) is 48.0 Å². The normalized spacial score (nSPS) is 24.7. The summed E-state index contributed by atoms with van der Waals surface area (Å²) in [6.45, 7) is 2.02. The molecule has 2 saturated carbocycles. The Morgan fingerprint density at radius 3 is 2.77 bits per heavy atom. The average Bonchev–Trinajstić information content (AvgIpc) is 3.57. The lowest BCUT2D eigenvalue weighted by molar-refractivity contribution is 0.0154. The molecule has 2 heterocycles. The summed E-state index contributed by atoms with van der Waals surface area (Å²) >= 11 is 3.54. The van der Waals surface area contributed by atoms with Crippen LogP contribution < -0.4 is 10.7 Å². The van der Waals surface area contributed by atoms with Crippen LogP contribution in [0, 0.1) is 17.2 Å². The molecule has 0 radical (unpaired) electrons. The summed E-state index contributed by atoms with van der Waals surface area (Å²) in [5.41, 5.74) is 5.11.